The molecular weight excluding hydrogens is 196 g/mol. The summed E-state index contributed by atoms with van der Waals surface area (Å²) in [4.78, 5) is 2.80. The van der Waals surface area contributed by atoms with Gasteiger partial charge in [-0.1, -0.05) is 13.8 Å². The molecule has 2 heteroatoms. The predicted octanol–water partition coefficient (Wildman–Crippen LogP) is 2.64. The van der Waals surface area contributed by atoms with Crippen LogP contribution in [0.1, 0.15) is 53.4 Å². The third kappa shape index (κ3) is 2.28. The summed E-state index contributed by atoms with van der Waals surface area (Å²) in [6.07, 6.45) is 5.43. The van der Waals surface area contributed by atoms with Crippen LogP contribution in [0, 0.1) is 5.92 Å². The van der Waals surface area contributed by atoms with Crippen molar-refractivity contribution in [2.75, 3.05) is 13.1 Å². The summed E-state index contributed by atoms with van der Waals surface area (Å²) in [6, 6.07) is 1.46. The molecule has 2 rings (SSSR count). The molecule has 0 radical (unpaired) electrons. The van der Waals surface area contributed by atoms with Gasteiger partial charge in [0.25, 0.3) is 0 Å². The Morgan fingerprint density at radius 1 is 1.19 bits per heavy atom. The number of nitrogens with zero attached hydrogens (tertiary/aromatic N) is 1. The van der Waals surface area contributed by atoms with E-state index < -0.39 is 0 Å². The maximum absolute atomic E-state index is 3.69. The molecular formula is C14H28N2. The highest BCUT2D eigenvalue weighted by atomic mass is 15.3. The Morgan fingerprint density at radius 3 is 2.38 bits per heavy atom. The highest BCUT2D eigenvalue weighted by Crippen LogP contribution is 2.44. The molecule has 0 aromatic carbocycles. The third-order valence-electron chi connectivity index (χ3n) is 4.78. The van der Waals surface area contributed by atoms with Crippen LogP contribution in [0.3, 0.4) is 0 Å². The fraction of sp³-hybridized carbons (Fsp3) is 1.00. The van der Waals surface area contributed by atoms with E-state index in [1.54, 1.807) is 0 Å². The highest BCUT2D eigenvalue weighted by Gasteiger charge is 2.45. The first-order chi connectivity index (χ1) is 7.59. The first kappa shape index (κ1) is 12.4. The maximum atomic E-state index is 3.69. The van der Waals surface area contributed by atoms with Crippen LogP contribution in [0.15, 0.2) is 0 Å². The first-order valence-corrected chi connectivity index (χ1v) is 7.09. The van der Waals surface area contributed by atoms with E-state index in [-0.39, 0.29) is 0 Å². The molecule has 2 atom stereocenters. The van der Waals surface area contributed by atoms with Crippen LogP contribution in [0.5, 0.6) is 0 Å². The number of piperazine rings is 1. The summed E-state index contributed by atoms with van der Waals surface area (Å²) in [5, 5.41) is 3.69. The summed E-state index contributed by atoms with van der Waals surface area (Å²) in [5.74, 6) is 0.956. The molecule has 0 bridgehead atoms. The topological polar surface area (TPSA) is 15.3 Å². The molecule has 1 heterocycles. The van der Waals surface area contributed by atoms with Crippen molar-refractivity contribution in [1.29, 1.82) is 0 Å². The van der Waals surface area contributed by atoms with Crippen molar-refractivity contribution >= 4 is 0 Å². The Bertz CT molecular complexity index is 233. The van der Waals surface area contributed by atoms with Crippen molar-refractivity contribution in [3.05, 3.63) is 0 Å². The minimum Gasteiger partial charge on any atom is -0.311 e. The van der Waals surface area contributed by atoms with Gasteiger partial charge in [-0.2, -0.15) is 0 Å². The molecule has 16 heavy (non-hydrogen) atoms. The number of rotatable bonds is 4. The molecule has 0 spiro atoms. The van der Waals surface area contributed by atoms with Crippen molar-refractivity contribution in [3.63, 3.8) is 0 Å². The highest BCUT2D eigenvalue weighted by molar-refractivity contribution is 5.01. The van der Waals surface area contributed by atoms with E-state index >= 15 is 0 Å². The van der Waals surface area contributed by atoms with E-state index in [1.807, 2.05) is 0 Å². The van der Waals surface area contributed by atoms with Crippen molar-refractivity contribution in [1.82, 2.24) is 10.2 Å². The molecule has 1 saturated heterocycles. The van der Waals surface area contributed by atoms with Gasteiger partial charge in [-0.3, -0.25) is 4.90 Å². The van der Waals surface area contributed by atoms with Gasteiger partial charge in [-0.25, -0.2) is 0 Å². The molecule has 1 aliphatic carbocycles. The molecule has 0 aromatic heterocycles. The van der Waals surface area contributed by atoms with Crippen LogP contribution in [0.4, 0.5) is 0 Å². The number of nitrogens with one attached hydrogen (secondary N) is 1. The Hall–Kier alpha value is -0.0800. The van der Waals surface area contributed by atoms with Gasteiger partial charge in [0.05, 0.1) is 0 Å². The average molecular weight is 224 g/mol. The van der Waals surface area contributed by atoms with Gasteiger partial charge in [-0.15, -0.1) is 0 Å². The van der Waals surface area contributed by atoms with Gasteiger partial charge in [0.1, 0.15) is 0 Å². The molecule has 2 aliphatic rings. The fourth-order valence-corrected chi connectivity index (χ4v) is 3.23. The summed E-state index contributed by atoms with van der Waals surface area (Å²) < 4.78 is 0. The Balaban J connectivity index is 2.07. The maximum Gasteiger partial charge on any atom is 0.0224 e. The van der Waals surface area contributed by atoms with Crippen LogP contribution >= 0.6 is 0 Å². The smallest absolute Gasteiger partial charge is 0.0224 e. The van der Waals surface area contributed by atoms with Crippen LogP contribution in [0.25, 0.3) is 0 Å². The van der Waals surface area contributed by atoms with Crippen LogP contribution in [-0.2, 0) is 0 Å². The Morgan fingerprint density at radius 2 is 1.88 bits per heavy atom. The van der Waals surface area contributed by atoms with Crippen molar-refractivity contribution in [3.8, 4) is 0 Å². The second kappa shape index (κ2) is 4.66. The van der Waals surface area contributed by atoms with Gasteiger partial charge in [-0.05, 0) is 45.4 Å². The van der Waals surface area contributed by atoms with Crippen LogP contribution in [-0.4, -0.2) is 35.6 Å². The standard InChI is InChI=1S/C14H28N2/c1-5-12-10-16(13(6-2)9-15-12)14(3,4)11-7-8-11/h11-13,15H,5-10H2,1-4H3. The second-order valence-corrected chi connectivity index (χ2v) is 6.16. The van der Waals surface area contributed by atoms with Crippen molar-refractivity contribution < 1.29 is 0 Å². The summed E-state index contributed by atoms with van der Waals surface area (Å²) >= 11 is 0. The van der Waals surface area contributed by atoms with Gasteiger partial charge in [0.15, 0.2) is 0 Å². The normalized spacial score (nSPS) is 33.0. The molecule has 1 aliphatic heterocycles. The lowest BCUT2D eigenvalue weighted by Gasteiger charge is -2.49. The SMILES string of the molecule is CCC1CN(C(C)(C)C2CC2)C(CC)CN1. The van der Waals surface area contributed by atoms with Gasteiger partial charge in [0, 0.05) is 30.7 Å². The molecule has 2 unspecified atom stereocenters. The molecule has 2 nitrogen and oxygen atoms in total. The minimum absolute atomic E-state index is 0.427. The average Bonchev–Trinajstić information content (AvgIpc) is 3.12. The Kier molecular flexibility index (Phi) is 3.60. The third-order valence-corrected chi connectivity index (χ3v) is 4.78. The summed E-state index contributed by atoms with van der Waals surface area (Å²) in [5.41, 5.74) is 0.427. The molecule has 0 aromatic rings. The van der Waals surface area contributed by atoms with Crippen LogP contribution < -0.4 is 5.32 Å². The monoisotopic (exact) mass is 224 g/mol. The zero-order valence-corrected chi connectivity index (χ0v) is 11.4. The van der Waals surface area contributed by atoms with Gasteiger partial charge in [0.2, 0.25) is 0 Å². The van der Waals surface area contributed by atoms with E-state index in [0.29, 0.717) is 11.6 Å². The van der Waals surface area contributed by atoms with E-state index in [1.165, 1.54) is 38.8 Å². The molecule has 94 valence electrons. The van der Waals surface area contributed by atoms with Crippen molar-refractivity contribution in [2.45, 2.75) is 71.0 Å². The van der Waals surface area contributed by atoms with Gasteiger partial charge < -0.3 is 5.32 Å². The first-order valence-electron chi connectivity index (χ1n) is 7.09. The lowest BCUT2D eigenvalue weighted by Crippen LogP contribution is -2.63. The molecule has 1 saturated carbocycles. The lowest BCUT2D eigenvalue weighted by atomic mass is 9.90. The minimum atomic E-state index is 0.427. The molecule has 2 fully saturated rings. The Labute approximate surface area is 101 Å². The lowest BCUT2D eigenvalue weighted by molar-refractivity contribution is 0.0147. The van der Waals surface area contributed by atoms with E-state index in [4.69, 9.17) is 0 Å². The second-order valence-electron chi connectivity index (χ2n) is 6.16. The molecule has 1 N–H and O–H groups in total. The van der Waals surface area contributed by atoms with Crippen molar-refractivity contribution in [2.24, 2.45) is 5.92 Å². The van der Waals surface area contributed by atoms with E-state index in [2.05, 4.69) is 37.9 Å². The summed E-state index contributed by atoms with van der Waals surface area (Å²) in [6.45, 7) is 12.0. The van der Waals surface area contributed by atoms with Gasteiger partial charge >= 0.3 is 0 Å². The largest absolute Gasteiger partial charge is 0.311 e. The number of hydrogen-bond donors (Lipinski definition) is 1. The predicted molar refractivity (Wildman–Crippen MR) is 69.7 cm³/mol. The van der Waals surface area contributed by atoms with Crippen LogP contribution in [0.2, 0.25) is 0 Å². The number of hydrogen-bond acceptors (Lipinski definition) is 2. The van der Waals surface area contributed by atoms with E-state index in [9.17, 15) is 0 Å². The van der Waals surface area contributed by atoms with E-state index in [0.717, 1.165) is 12.0 Å². The zero-order chi connectivity index (χ0) is 11.8. The fourth-order valence-electron chi connectivity index (χ4n) is 3.23. The quantitative estimate of drug-likeness (QED) is 0.790. The molecule has 0 amide bonds. The summed E-state index contributed by atoms with van der Waals surface area (Å²) in [7, 11) is 0. The zero-order valence-electron chi connectivity index (χ0n) is 11.4.